The van der Waals surface area contributed by atoms with Crippen molar-refractivity contribution in [3.8, 4) is 11.6 Å². The first kappa shape index (κ1) is 45.9. The van der Waals surface area contributed by atoms with Crippen LogP contribution < -0.4 is 33.2 Å². The van der Waals surface area contributed by atoms with Crippen LogP contribution in [0.4, 0.5) is 34.5 Å². The summed E-state index contributed by atoms with van der Waals surface area (Å²) >= 11 is 5.66. The van der Waals surface area contributed by atoms with Gasteiger partial charge >= 0.3 is 0 Å². The Morgan fingerprint density at radius 3 is 1.53 bits per heavy atom. The fourth-order valence-electron chi connectivity index (χ4n) is 5.99. The maximum Gasteiger partial charge on any atom is 0.159 e. The molecule has 18 nitrogen and oxygen atoms in total. The van der Waals surface area contributed by atoms with Crippen molar-refractivity contribution in [1.82, 2.24) is 59.0 Å². The summed E-state index contributed by atoms with van der Waals surface area (Å²) in [6.45, 7) is 18.6. The van der Waals surface area contributed by atoms with Crippen LogP contribution in [0.5, 0.6) is 0 Å². The summed E-state index contributed by atoms with van der Waals surface area (Å²) in [5.41, 5.74) is 24.7. The van der Waals surface area contributed by atoms with Crippen LogP contribution in [0.25, 0.3) is 44.7 Å². The Balaban J connectivity index is 0.000000148. The zero-order valence-corrected chi connectivity index (χ0v) is 38.2. The number of aromatic nitrogens is 12. The molecule has 0 saturated carbocycles. The molecule has 6 aromatic heterocycles. The number of benzene rings is 3. The molecule has 0 aliphatic heterocycles. The second-order valence-electron chi connectivity index (χ2n) is 17.8. The monoisotopic (exact) mass is 882 g/mol. The molecular formula is C45H55ClN18. The summed E-state index contributed by atoms with van der Waals surface area (Å²) < 4.78 is 3.78. The Kier molecular flexibility index (Phi) is 13.8. The van der Waals surface area contributed by atoms with E-state index in [-0.39, 0.29) is 16.6 Å². The first-order chi connectivity index (χ1) is 30.2. The number of nitrogens with two attached hydrogens (primary N) is 3. The molecule has 0 spiro atoms. The van der Waals surface area contributed by atoms with E-state index in [9.17, 15) is 0 Å². The summed E-state index contributed by atoms with van der Waals surface area (Å²) in [4.78, 5) is 41.4. The largest absolute Gasteiger partial charge is 0.399 e. The van der Waals surface area contributed by atoms with Gasteiger partial charge in [-0.3, -0.25) is 24.1 Å². The molecule has 64 heavy (non-hydrogen) atoms. The van der Waals surface area contributed by atoms with E-state index in [4.69, 9.17) is 28.8 Å². The maximum atomic E-state index is 5.85. The number of nitrogens with zero attached hydrogens (tertiary/aromatic N) is 11. The summed E-state index contributed by atoms with van der Waals surface area (Å²) in [5.74, 6) is 3.59. The van der Waals surface area contributed by atoms with E-state index in [1.165, 1.54) is 6.20 Å². The number of nitrogen functional groups attached to an aromatic ring is 3. The first-order valence-electron chi connectivity index (χ1n) is 20.3. The van der Waals surface area contributed by atoms with E-state index < -0.39 is 0 Å². The van der Waals surface area contributed by atoms with Crippen molar-refractivity contribution in [2.24, 2.45) is 0 Å². The van der Waals surface area contributed by atoms with Crippen LogP contribution in [-0.2, 0) is 0 Å². The SMILES string of the molecule is CC(C)(C)Nc1cncc(-n2cnc3cc(N)ccc32)n1.CC(C)(C)Nc1cncc(-n2cnc3ccc(N)cc32)n1.CC(C)(C)Nc1cncc(Cl)n1.Nc1ccc2nc[nH]c2c1. The van der Waals surface area contributed by atoms with Gasteiger partial charge in [-0.2, -0.15) is 0 Å². The normalized spacial score (nSPS) is 11.5. The summed E-state index contributed by atoms with van der Waals surface area (Å²) in [6.07, 6.45) is 15.1. The van der Waals surface area contributed by atoms with Crippen molar-refractivity contribution >= 4 is 79.2 Å². The number of fused-ring (bicyclic) bond motifs is 3. The number of hydrogen-bond acceptors (Lipinski definition) is 15. The van der Waals surface area contributed by atoms with Gasteiger partial charge in [0.1, 0.15) is 35.3 Å². The van der Waals surface area contributed by atoms with E-state index in [0.29, 0.717) is 28.2 Å². The van der Waals surface area contributed by atoms with Gasteiger partial charge in [-0.25, -0.2) is 29.9 Å². The molecule has 3 aromatic carbocycles. The van der Waals surface area contributed by atoms with Crippen molar-refractivity contribution in [3.05, 3.63) is 116 Å². The fourth-order valence-corrected chi connectivity index (χ4v) is 6.14. The first-order valence-corrected chi connectivity index (χ1v) is 20.7. The highest BCUT2D eigenvalue weighted by atomic mass is 35.5. The third-order valence-electron chi connectivity index (χ3n) is 8.44. The fraction of sp³-hybridized carbons (Fsp3) is 0.267. The van der Waals surface area contributed by atoms with Gasteiger partial charge in [0.2, 0.25) is 0 Å². The van der Waals surface area contributed by atoms with Crippen molar-refractivity contribution in [2.75, 3.05) is 33.2 Å². The van der Waals surface area contributed by atoms with Crippen molar-refractivity contribution < 1.29 is 0 Å². The van der Waals surface area contributed by atoms with E-state index >= 15 is 0 Å². The minimum Gasteiger partial charge on any atom is -0.399 e. The standard InChI is InChI=1S/2C15H18N6.C8H12ClN3.C7H7N3/c1-15(2,3)20-13-7-17-8-14(19-13)21-9-18-11-6-10(16)4-5-12(11)21;1-15(2,3)20-13-7-17-8-14(19-13)21-9-18-11-5-4-10(16)6-12(11)21;1-8(2,3)12-7-5-10-4-6(9)11-7;8-5-1-2-6-7(3-5)10-4-9-6/h2*4-9H,16H2,1-3H3,(H,19,20);4-5H,1-3H3,(H,11,12);1-4H,8H2,(H,9,10). The molecule has 9 rings (SSSR count). The molecular weight excluding hydrogens is 828 g/mol. The summed E-state index contributed by atoms with van der Waals surface area (Å²) in [7, 11) is 0. The summed E-state index contributed by atoms with van der Waals surface area (Å²) in [6, 6.07) is 16.8. The molecule has 0 saturated heterocycles. The van der Waals surface area contributed by atoms with E-state index in [0.717, 1.165) is 56.2 Å². The topological polar surface area (TPSA) is 256 Å². The highest BCUT2D eigenvalue weighted by Gasteiger charge is 2.14. The number of anilines is 6. The van der Waals surface area contributed by atoms with E-state index in [1.54, 1.807) is 50.0 Å². The van der Waals surface area contributed by atoms with Crippen molar-refractivity contribution in [2.45, 2.75) is 78.9 Å². The van der Waals surface area contributed by atoms with Gasteiger partial charge in [0.25, 0.3) is 0 Å². The van der Waals surface area contributed by atoms with Gasteiger partial charge in [0.15, 0.2) is 11.6 Å². The van der Waals surface area contributed by atoms with Gasteiger partial charge < -0.3 is 38.1 Å². The van der Waals surface area contributed by atoms with Crippen LogP contribution in [0.1, 0.15) is 62.3 Å². The molecule has 0 aliphatic rings. The Hall–Kier alpha value is -7.60. The van der Waals surface area contributed by atoms with Crippen LogP contribution in [-0.4, -0.2) is 75.6 Å². The van der Waals surface area contributed by atoms with E-state index in [1.807, 2.05) is 63.7 Å². The number of aromatic amines is 1. The number of rotatable bonds is 5. The van der Waals surface area contributed by atoms with Gasteiger partial charge in [0, 0.05) is 33.7 Å². The predicted molar refractivity (Wildman–Crippen MR) is 260 cm³/mol. The Labute approximate surface area is 376 Å². The quantitative estimate of drug-likeness (QED) is 0.0798. The van der Waals surface area contributed by atoms with Crippen LogP contribution in [0.3, 0.4) is 0 Å². The highest BCUT2D eigenvalue weighted by Crippen LogP contribution is 2.22. The number of halogens is 1. The van der Waals surface area contributed by atoms with Gasteiger partial charge in [-0.15, -0.1) is 0 Å². The Morgan fingerprint density at radius 1 is 0.500 bits per heavy atom. The molecule has 0 unspecified atom stereocenters. The Morgan fingerprint density at radius 2 is 0.969 bits per heavy atom. The smallest absolute Gasteiger partial charge is 0.159 e. The lowest BCUT2D eigenvalue weighted by molar-refractivity contribution is 0.629. The molecule has 0 radical (unpaired) electrons. The highest BCUT2D eigenvalue weighted by molar-refractivity contribution is 6.29. The third-order valence-corrected chi connectivity index (χ3v) is 8.62. The second-order valence-corrected chi connectivity index (χ2v) is 18.2. The average Bonchev–Trinajstić information content (AvgIpc) is 3.95. The summed E-state index contributed by atoms with van der Waals surface area (Å²) in [5, 5.41) is 10.2. The van der Waals surface area contributed by atoms with Crippen LogP contribution >= 0.6 is 11.6 Å². The number of hydrogen-bond donors (Lipinski definition) is 7. The van der Waals surface area contributed by atoms with Crippen LogP contribution in [0, 0.1) is 0 Å². The molecule has 10 N–H and O–H groups in total. The molecule has 0 aliphatic carbocycles. The molecule has 9 aromatic rings. The maximum absolute atomic E-state index is 5.85. The lowest BCUT2D eigenvalue weighted by Gasteiger charge is -2.21. The molecule has 19 heteroatoms. The molecule has 6 heterocycles. The number of imidazole rings is 3. The average molecular weight is 884 g/mol. The van der Waals surface area contributed by atoms with Gasteiger partial charge in [-0.1, -0.05) is 11.6 Å². The number of nitrogens with one attached hydrogen (secondary N) is 4. The zero-order chi connectivity index (χ0) is 46.2. The minimum atomic E-state index is -0.0747. The molecule has 332 valence electrons. The zero-order valence-electron chi connectivity index (χ0n) is 37.4. The molecule has 0 fully saturated rings. The van der Waals surface area contributed by atoms with Crippen LogP contribution in [0.2, 0.25) is 5.15 Å². The van der Waals surface area contributed by atoms with E-state index in [2.05, 4.69) is 128 Å². The molecule has 0 atom stereocenters. The van der Waals surface area contributed by atoms with Crippen molar-refractivity contribution in [3.63, 3.8) is 0 Å². The predicted octanol–water partition coefficient (Wildman–Crippen LogP) is 8.70. The lowest BCUT2D eigenvalue weighted by Crippen LogP contribution is -2.27. The Bertz CT molecular complexity index is 2950. The molecule has 0 bridgehead atoms. The van der Waals surface area contributed by atoms with Crippen LogP contribution in [0.15, 0.2) is 111 Å². The molecule has 0 amide bonds. The second kappa shape index (κ2) is 19.2. The van der Waals surface area contributed by atoms with Crippen molar-refractivity contribution in [1.29, 1.82) is 0 Å². The van der Waals surface area contributed by atoms with Gasteiger partial charge in [-0.05, 0) is 117 Å². The van der Waals surface area contributed by atoms with Gasteiger partial charge in [0.05, 0.1) is 76.6 Å². The number of H-pyrrole nitrogens is 1. The third kappa shape index (κ3) is 13.2. The lowest BCUT2D eigenvalue weighted by atomic mass is 10.1. The minimum absolute atomic E-state index is 0.0145.